The molecule has 0 unspecified atom stereocenters. The van der Waals surface area contributed by atoms with Gasteiger partial charge in [-0.1, -0.05) is 0 Å². The van der Waals surface area contributed by atoms with Crippen LogP contribution in [-0.2, 0) is 14.4 Å². The van der Waals surface area contributed by atoms with E-state index in [2.05, 4.69) is 21.3 Å². The number of halogens is 2. The molecule has 2 fully saturated rings. The van der Waals surface area contributed by atoms with Crippen LogP contribution in [-0.4, -0.2) is 62.2 Å². The fourth-order valence-electron chi connectivity index (χ4n) is 4.30. The molecule has 0 aromatic carbocycles. The Morgan fingerprint density at radius 2 is 1.32 bits per heavy atom. The van der Waals surface area contributed by atoms with Gasteiger partial charge in [0.25, 0.3) is 0 Å². The number of carboxylic acids is 1. The van der Waals surface area contributed by atoms with Crippen molar-refractivity contribution in [3.63, 3.8) is 0 Å². The third-order valence-corrected chi connectivity index (χ3v) is 6.22. The minimum absolute atomic E-state index is 0. The van der Waals surface area contributed by atoms with Crippen LogP contribution in [0.2, 0.25) is 0 Å². The molecule has 0 aliphatic carbocycles. The highest BCUT2D eigenvalue weighted by Gasteiger charge is 2.24. The van der Waals surface area contributed by atoms with Crippen LogP contribution < -0.4 is 21.3 Å². The summed E-state index contributed by atoms with van der Waals surface area (Å²) < 4.78 is 0. The first-order valence-corrected chi connectivity index (χ1v) is 11.2. The van der Waals surface area contributed by atoms with Gasteiger partial charge < -0.3 is 26.4 Å². The van der Waals surface area contributed by atoms with Crippen molar-refractivity contribution >= 4 is 42.6 Å². The second-order valence-electron chi connectivity index (χ2n) is 8.45. The molecule has 2 heterocycles. The molecule has 2 saturated heterocycles. The van der Waals surface area contributed by atoms with E-state index in [1.807, 2.05) is 0 Å². The van der Waals surface area contributed by atoms with Crippen molar-refractivity contribution in [1.29, 1.82) is 0 Å². The minimum Gasteiger partial charge on any atom is -0.481 e. The van der Waals surface area contributed by atoms with Crippen molar-refractivity contribution in [3.05, 3.63) is 0 Å². The van der Waals surface area contributed by atoms with Crippen LogP contribution in [0, 0.1) is 17.8 Å². The lowest BCUT2D eigenvalue weighted by Crippen LogP contribution is -2.40. The summed E-state index contributed by atoms with van der Waals surface area (Å²) in [7, 11) is 0. The third-order valence-electron chi connectivity index (χ3n) is 6.22. The first kappa shape index (κ1) is 29.9. The Morgan fingerprint density at radius 3 is 1.77 bits per heavy atom. The summed E-state index contributed by atoms with van der Waals surface area (Å²) in [6, 6.07) is 0. The molecule has 2 aliphatic rings. The molecule has 8 nitrogen and oxygen atoms in total. The predicted molar refractivity (Wildman–Crippen MR) is 126 cm³/mol. The summed E-state index contributed by atoms with van der Waals surface area (Å²) in [6.45, 7) is 4.25. The van der Waals surface area contributed by atoms with Crippen molar-refractivity contribution in [2.75, 3.05) is 39.3 Å². The fourth-order valence-corrected chi connectivity index (χ4v) is 4.30. The van der Waals surface area contributed by atoms with Gasteiger partial charge in [0.15, 0.2) is 0 Å². The summed E-state index contributed by atoms with van der Waals surface area (Å²) >= 11 is 0. The highest BCUT2D eigenvalue weighted by atomic mass is 35.5. The van der Waals surface area contributed by atoms with Crippen molar-refractivity contribution in [1.82, 2.24) is 21.3 Å². The first-order valence-electron chi connectivity index (χ1n) is 11.2. The van der Waals surface area contributed by atoms with Gasteiger partial charge in [0.1, 0.15) is 0 Å². The third kappa shape index (κ3) is 13.1. The van der Waals surface area contributed by atoms with E-state index in [0.717, 1.165) is 51.9 Å². The lowest BCUT2D eigenvalue weighted by Gasteiger charge is -2.27. The second-order valence-corrected chi connectivity index (χ2v) is 8.45. The van der Waals surface area contributed by atoms with Crippen molar-refractivity contribution in [2.45, 2.75) is 57.8 Å². The van der Waals surface area contributed by atoms with Crippen LogP contribution in [0.1, 0.15) is 57.8 Å². The first-order chi connectivity index (χ1) is 14.0. The molecule has 0 saturated carbocycles. The summed E-state index contributed by atoms with van der Waals surface area (Å²) in [5.41, 5.74) is 0. The average Bonchev–Trinajstić information content (AvgIpc) is 2.73. The van der Waals surface area contributed by atoms with E-state index >= 15 is 0 Å². The van der Waals surface area contributed by atoms with E-state index in [9.17, 15) is 14.4 Å². The number of hydrogen-bond acceptors (Lipinski definition) is 5. The SMILES string of the molecule is Cl.Cl.O=C(O)CCNC(=O)CNC(=O)C(CCC1CCNCC1)CCC1CCNCC1. The molecule has 5 N–H and O–H groups in total. The number of rotatable bonds is 12. The van der Waals surface area contributed by atoms with Crippen molar-refractivity contribution < 1.29 is 19.5 Å². The van der Waals surface area contributed by atoms with E-state index in [4.69, 9.17) is 5.11 Å². The van der Waals surface area contributed by atoms with E-state index < -0.39 is 5.97 Å². The van der Waals surface area contributed by atoms with Gasteiger partial charge in [-0.2, -0.15) is 0 Å². The van der Waals surface area contributed by atoms with Gasteiger partial charge in [0, 0.05) is 12.5 Å². The van der Waals surface area contributed by atoms with Crippen molar-refractivity contribution in [3.8, 4) is 0 Å². The number of carbonyl (C=O) groups is 3. The number of carboxylic acid groups (broad SMARTS) is 1. The second kappa shape index (κ2) is 17.5. The maximum Gasteiger partial charge on any atom is 0.305 e. The number of amides is 2. The Hall–Kier alpha value is -1.09. The molecular formula is C21H40Cl2N4O4. The van der Waals surface area contributed by atoms with E-state index in [1.165, 1.54) is 25.7 Å². The molecule has 0 aromatic rings. The lowest BCUT2D eigenvalue weighted by molar-refractivity contribution is -0.137. The Balaban J connectivity index is 0.00000450. The molecule has 0 bridgehead atoms. The number of piperidine rings is 2. The largest absolute Gasteiger partial charge is 0.481 e. The van der Waals surface area contributed by atoms with Gasteiger partial charge in [0.05, 0.1) is 13.0 Å². The molecule has 0 radical (unpaired) electrons. The quantitative estimate of drug-likeness (QED) is 0.288. The molecule has 2 amide bonds. The molecule has 31 heavy (non-hydrogen) atoms. The Morgan fingerprint density at radius 1 is 0.839 bits per heavy atom. The Kier molecular flexibility index (Phi) is 16.8. The van der Waals surface area contributed by atoms with Crippen LogP contribution in [0.3, 0.4) is 0 Å². The number of nitrogens with one attached hydrogen (secondary N) is 4. The molecule has 2 rings (SSSR count). The van der Waals surface area contributed by atoms with Crippen LogP contribution in [0.15, 0.2) is 0 Å². The normalized spacial score (nSPS) is 17.3. The number of aliphatic carboxylic acids is 1. The van der Waals surface area contributed by atoms with E-state index in [1.54, 1.807) is 0 Å². The van der Waals surface area contributed by atoms with Crippen molar-refractivity contribution in [2.24, 2.45) is 17.8 Å². The molecule has 0 aromatic heterocycles. The smallest absolute Gasteiger partial charge is 0.305 e. The molecular weight excluding hydrogens is 443 g/mol. The highest BCUT2D eigenvalue weighted by Crippen LogP contribution is 2.26. The minimum atomic E-state index is -0.953. The Bertz CT molecular complexity index is 506. The molecule has 182 valence electrons. The summed E-state index contributed by atoms with van der Waals surface area (Å²) in [5.74, 6) is -0.0115. The van der Waals surface area contributed by atoms with E-state index in [0.29, 0.717) is 11.8 Å². The average molecular weight is 483 g/mol. The number of carbonyl (C=O) groups excluding carboxylic acids is 2. The molecule has 0 spiro atoms. The summed E-state index contributed by atoms with van der Waals surface area (Å²) in [6.07, 6.45) is 8.47. The van der Waals surface area contributed by atoms with Gasteiger partial charge in [-0.25, -0.2) is 0 Å². The number of hydrogen-bond donors (Lipinski definition) is 5. The zero-order valence-electron chi connectivity index (χ0n) is 18.3. The molecule has 10 heteroatoms. The maximum absolute atomic E-state index is 12.8. The summed E-state index contributed by atoms with van der Waals surface area (Å²) in [5, 5.41) is 20.7. The van der Waals surface area contributed by atoms with E-state index in [-0.39, 0.29) is 62.1 Å². The van der Waals surface area contributed by atoms with Gasteiger partial charge in [0.2, 0.25) is 11.8 Å². The van der Waals surface area contributed by atoms with Crippen LogP contribution in [0.4, 0.5) is 0 Å². The predicted octanol–water partition coefficient (Wildman–Crippen LogP) is 1.71. The molecule has 2 aliphatic heterocycles. The van der Waals surface area contributed by atoms with Gasteiger partial charge in [-0.3, -0.25) is 14.4 Å². The Labute approximate surface area is 198 Å². The zero-order valence-corrected chi connectivity index (χ0v) is 20.0. The molecule has 0 atom stereocenters. The van der Waals surface area contributed by atoms with Gasteiger partial charge >= 0.3 is 5.97 Å². The van der Waals surface area contributed by atoms with Crippen LogP contribution >= 0.6 is 24.8 Å². The van der Waals surface area contributed by atoms with Gasteiger partial charge in [-0.05, 0) is 89.4 Å². The van der Waals surface area contributed by atoms with Crippen LogP contribution in [0.25, 0.3) is 0 Å². The van der Waals surface area contributed by atoms with Crippen LogP contribution in [0.5, 0.6) is 0 Å². The fraction of sp³-hybridized carbons (Fsp3) is 0.857. The standard InChI is InChI=1S/C21H38N4O4.2ClH/c26-19(24-14-9-20(27)28)15-25-21(29)18(3-1-16-5-10-22-11-6-16)4-2-17-7-12-23-13-8-17;;/h16-18,22-23H,1-15H2,(H,24,26)(H,25,29)(H,27,28);2*1H. The summed E-state index contributed by atoms with van der Waals surface area (Å²) in [4.78, 5) is 35.1. The topological polar surface area (TPSA) is 120 Å². The maximum atomic E-state index is 12.8. The lowest BCUT2D eigenvalue weighted by atomic mass is 9.84. The monoisotopic (exact) mass is 482 g/mol. The zero-order chi connectivity index (χ0) is 20.9. The van der Waals surface area contributed by atoms with Gasteiger partial charge in [-0.15, -0.1) is 24.8 Å². The highest BCUT2D eigenvalue weighted by molar-refractivity contribution is 5.86.